The maximum Gasteiger partial charge on any atom is 0.329 e. The van der Waals surface area contributed by atoms with Crippen LogP contribution < -0.4 is 5.32 Å². The Morgan fingerprint density at radius 1 is 1.27 bits per heavy atom. The number of carboxylic acid groups (broad SMARTS) is 1. The molecule has 2 N–H and O–H groups in total. The van der Waals surface area contributed by atoms with E-state index >= 15 is 0 Å². The van der Waals surface area contributed by atoms with Gasteiger partial charge in [-0.05, 0) is 12.8 Å². The predicted molar refractivity (Wildman–Crippen MR) is 50.5 cm³/mol. The monoisotopic (exact) mass is 214 g/mol. The Hall–Kier alpha value is -1.30. The van der Waals surface area contributed by atoms with Gasteiger partial charge in [0.25, 0.3) is 0 Å². The van der Waals surface area contributed by atoms with Gasteiger partial charge >= 0.3 is 12.0 Å². The molecule has 0 spiro atoms. The average molecular weight is 214 g/mol. The van der Waals surface area contributed by atoms with Crippen molar-refractivity contribution in [3.63, 3.8) is 0 Å². The Bertz CT molecular complexity index is 282. The lowest BCUT2D eigenvalue weighted by Crippen LogP contribution is -2.52. The molecule has 0 aromatic carbocycles. The molecular formula is C9H14N2O4. The number of hydrogen-bond acceptors (Lipinski definition) is 3. The summed E-state index contributed by atoms with van der Waals surface area (Å²) >= 11 is 0. The Balaban J connectivity index is 1.89. The van der Waals surface area contributed by atoms with E-state index in [4.69, 9.17) is 9.84 Å². The molecule has 1 saturated heterocycles. The van der Waals surface area contributed by atoms with Gasteiger partial charge in [0, 0.05) is 13.1 Å². The first kappa shape index (κ1) is 10.2. The van der Waals surface area contributed by atoms with Crippen LogP contribution in [0, 0.1) is 0 Å². The number of carbonyl (C=O) groups excluding carboxylic acids is 1. The van der Waals surface area contributed by atoms with Gasteiger partial charge < -0.3 is 20.1 Å². The van der Waals surface area contributed by atoms with E-state index in [0.717, 1.165) is 0 Å². The normalized spacial score (nSPS) is 23.3. The Morgan fingerprint density at radius 2 is 1.87 bits per heavy atom. The largest absolute Gasteiger partial charge is 0.480 e. The molecule has 0 bridgehead atoms. The van der Waals surface area contributed by atoms with Crippen LogP contribution in [0.3, 0.4) is 0 Å². The quantitative estimate of drug-likeness (QED) is 0.658. The maximum absolute atomic E-state index is 11.7. The van der Waals surface area contributed by atoms with Gasteiger partial charge in [0.15, 0.2) is 0 Å². The number of aliphatic carboxylic acids is 1. The summed E-state index contributed by atoms with van der Waals surface area (Å²) in [6.45, 7) is 2.10. The van der Waals surface area contributed by atoms with Crippen molar-refractivity contribution in [2.75, 3.05) is 26.3 Å². The van der Waals surface area contributed by atoms with Gasteiger partial charge in [0.1, 0.15) is 5.54 Å². The highest BCUT2D eigenvalue weighted by molar-refractivity contribution is 5.88. The molecule has 15 heavy (non-hydrogen) atoms. The first-order valence-electron chi connectivity index (χ1n) is 5.02. The van der Waals surface area contributed by atoms with Crippen molar-refractivity contribution in [1.82, 2.24) is 10.2 Å². The first-order chi connectivity index (χ1) is 7.14. The van der Waals surface area contributed by atoms with Gasteiger partial charge in [-0.15, -0.1) is 0 Å². The fraction of sp³-hybridized carbons (Fsp3) is 0.778. The highest BCUT2D eigenvalue weighted by Crippen LogP contribution is 2.35. The van der Waals surface area contributed by atoms with Gasteiger partial charge in [0.2, 0.25) is 0 Å². The third-order valence-corrected chi connectivity index (χ3v) is 2.80. The van der Waals surface area contributed by atoms with Crippen LogP contribution >= 0.6 is 0 Å². The molecule has 2 rings (SSSR count). The number of nitrogens with one attached hydrogen (secondary N) is 1. The van der Waals surface area contributed by atoms with Crippen molar-refractivity contribution >= 4 is 12.0 Å². The summed E-state index contributed by atoms with van der Waals surface area (Å²) in [5.41, 5.74) is -0.991. The molecule has 0 aromatic heterocycles. The molecule has 84 valence electrons. The topological polar surface area (TPSA) is 78.9 Å². The summed E-state index contributed by atoms with van der Waals surface area (Å²) in [5.74, 6) is -0.941. The van der Waals surface area contributed by atoms with E-state index in [0.29, 0.717) is 39.1 Å². The van der Waals surface area contributed by atoms with E-state index in [1.54, 1.807) is 4.90 Å². The minimum Gasteiger partial charge on any atom is -0.480 e. The summed E-state index contributed by atoms with van der Waals surface area (Å²) in [6.07, 6.45) is 1.05. The lowest BCUT2D eigenvalue weighted by molar-refractivity contribution is -0.140. The van der Waals surface area contributed by atoms with Crippen LogP contribution in [0.4, 0.5) is 4.79 Å². The number of carboxylic acids is 1. The first-order valence-corrected chi connectivity index (χ1v) is 5.02. The molecule has 1 aliphatic carbocycles. The summed E-state index contributed by atoms with van der Waals surface area (Å²) in [5, 5.41) is 11.5. The summed E-state index contributed by atoms with van der Waals surface area (Å²) in [6, 6.07) is -0.293. The van der Waals surface area contributed by atoms with Crippen LogP contribution in [-0.2, 0) is 9.53 Å². The fourth-order valence-corrected chi connectivity index (χ4v) is 1.57. The molecule has 2 aliphatic rings. The van der Waals surface area contributed by atoms with Crippen molar-refractivity contribution in [3.05, 3.63) is 0 Å². The minimum absolute atomic E-state index is 0.293. The van der Waals surface area contributed by atoms with Gasteiger partial charge in [-0.1, -0.05) is 0 Å². The van der Waals surface area contributed by atoms with Crippen molar-refractivity contribution < 1.29 is 19.4 Å². The van der Waals surface area contributed by atoms with Crippen LogP contribution in [0.1, 0.15) is 12.8 Å². The van der Waals surface area contributed by atoms with E-state index in [-0.39, 0.29) is 6.03 Å². The van der Waals surface area contributed by atoms with Crippen LogP contribution in [0.25, 0.3) is 0 Å². The van der Waals surface area contributed by atoms with E-state index in [1.165, 1.54) is 0 Å². The smallest absolute Gasteiger partial charge is 0.329 e. The van der Waals surface area contributed by atoms with E-state index in [2.05, 4.69) is 5.32 Å². The second-order valence-electron chi connectivity index (χ2n) is 3.92. The number of rotatable bonds is 2. The van der Waals surface area contributed by atoms with E-state index < -0.39 is 11.5 Å². The molecule has 6 nitrogen and oxygen atoms in total. The number of nitrogens with zero attached hydrogens (tertiary/aromatic N) is 1. The number of morpholine rings is 1. The fourth-order valence-electron chi connectivity index (χ4n) is 1.57. The molecule has 0 atom stereocenters. The third kappa shape index (κ3) is 2.04. The number of hydrogen-bond donors (Lipinski definition) is 2. The molecule has 2 amide bonds. The molecular weight excluding hydrogens is 200 g/mol. The summed E-state index contributed by atoms with van der Waals surface area (Å²) in [7, 11) is 0. The van der Waals surface area contributed by atoms with Gasteiger partial charge in [-0.3, -0.25) is 0 Å². The second kappa shape index (κ2) is 3.69. The lowest BCUT2D eigenvalue weighted by atomic mass is 10.3. The van der Waals surface area contributed by atoms with Crippen molar-refractivity contribution in [3.8, 4) is 0 Å². The van der Waals surface area contributed by atoms with E-state index in [1.807, 2.05) is 0 Å². The van der Waals surface area contributed by atoms with Crippen LogP contribution in [0.15, 0.2) is 0 Å². The zero-order valence-corrected chi connectivity index (χ0v) is 8.36. The summed E-state index contributed by atoms with van der Waals surface area (Å²) < 4.78 is 5.11. The number of amides is 2. The molecule has 1 saturated carbocycles. The van der Waals surface area contributed by atoms with Crippen molar-refractivity contribution in [2.24, 2.45) is 0 Å². The lowest BCUT2D eigenvalue weighted by Gasteiger charge is -2.28. The Kier molecular flexibility index (Phi) is 2.52. The SMILES string of the molecule is O=C(NC1(C(=O)O)CC1)N1CCOCC1. The minimum atomic E-state index is -0.991. The third-order valence-electron chi connectivity index (χ3n) is 2.80. The van der Waals surface area contributed by atoms with E-state index in [9.17, 15) is 9.59 Å². The second-order valence-corrected chi connectivity index (χ2v) is 3.92. The summed E-state index contributed by atoms with van der Waals surface area (Å²) in [4.78, 5) is 24.1. The Morgan fingerprint density at radius 3 is 2.33 bits per heavy atom. The zero-order chi connectivity index (χ0) is 10.9. The van der Waals surface area contributed by atoms with Crippen LogP contribution in [0.5, 0.6) is 0 Å². The van der Waals surface area contributed by atoms with Crippen molar-refractivity contribution in [1.29, 1.82) is 0 Å². The number of urea groups is 1. The average Bonchev–Trinajstić information content (AvgIpc) is 3.00. The predicted octanol–water partition coefficient (Wildman–Crippen LogP) is -0.355. The number of carbonyl (C=O) groups is 2. The Labute approximate surface area is 87.2 Å². The molecule has 2 fully saturated rings. The highest BCUT2D eigenvalue weighted by atomic mass is 16.5. The van der Waals surface area contributed by atoms with Crippen LogP contribution in [-0.4, -0.2) is 53.8 Å². The molecule has 6 heteroatoms. The molecule has 1 aliphatic heterocycles. The zero-order valence-electron chi connectivity index (χ0n) is 8.36. The number of ether oxygens (including phenoxy) is 1. The van der Waals surface area contributed by atoms with Gasteiger partial charge in [-0.25, -0.2) is 9.59 Å². The van der Waals surface area contributed by atoms with Crippen LogP contribution in [0.2, 0.25) is 0 Å². The maximum atomic E-state index is 11.7. The van der Waals surface area contributed by atoms with Gasteiger partial charge in [0.05, 0.1) is 13.2 Å². The molecule has 0 unspecified atom stereocenters. The molecule has 0 aromatic rings. The standard InChI is InChI=1S/C9H14N2O4/c12-7(13)9(1-2-9)10-8(14)11-3-5-15-6-4-11/h1-6H2,(H,10,14)(H,12,13). The molecule has 0 radical (unpaired) electrons. The molecule has 1 heterocycles. The van der Waals surface area contributed by atoms with Crippen molar-refractivity contribution in [2.45, 2.75) is 18.4 Å². The van der Waals surface area contributed by atoms with Gasteiger partial charge in [-0.2, -0.15) is 0 Å². The highest BCUT2D eigenvalue weighted by Gasteiger charge is 2.52.